The number of hydrogen-bond donors (Lipinski definition) is 2. The molecular weight excluding hydrogens is 236 g/mol. The highest BCUT2D eigenvalue weighted by Crippen LogP contribution is 2.62. The van der Waals surface area contributed by atoms with Gasteiger partial charge in [0.2, 0.25) is 5.91 Å². The van der Waals surface area contributed by atoms with Gasteiger partial charge in [0, 0.05) is 13.1 Å². The smallest absolute Gasteiger partial charge is 0.240 e. The fourth-order valence-corrected chi connectivity index (χ4v) is 6.19. The number of nitrogens with one attached hydrogen (secondary N) is 2. The molecule has 0 aromatic carbocycles. The Morgan fingerprint density at radius 1 is 1.05 bits per heavy atom. The second-order valence-electron chi connectivity index (χ2n) is 8.11. The van der Waals surface area contributed by atoms with E-state index in [-0.39, 0.29) is 11.4 Å². The van der Waals surface area contributed by atoms with Crippen LogP contribution in [0, 0.1) is 23.2 Å². The van der Waals surface area contributed by atoms with Crippen LogP contribution in [0.25, 0.3) is 0 Å². The van der Waals surface area contributed by atoms with E-state index in [1.807, 2.05) is 0 Å². The van der Waals surface area contributed by atoms with Crippen molar-refractivity contribution >= 4 is 5.91 Å². The van der Waals surface area contributed by atoms with Crippen molar-refractivity contribution in [3.05, 3.63) is 0 Å². The summed E-state index contributed by atoms with van der Waals surface area (Å²) in [6, 6.07) is 0. The van der Waals surface area contributed by atoms with E-state index in [1.54, 1.807) is 0 Å². The molecule has 5 rings (SSSR count). The number of piperazine rings is 1. The predicted molar refractivity (Wildman–Crippen MR) is 74.6 cm³/mol. The fourth-order valence-electron chi connectivity index (χ4n) is 6.19. The van der Waals surface area contributed by atoms with E-state index >= 15 is 0 Å². The molecule has 19 heavy (non-hydrogen) atoms. The molecule has 2 N–H and O–H groups in total. The molecule has 3 heteroatoms. The van der Waals surface area contributed by atoms with Gasteiger partial charge in [-0.15, -0.1) is 0 Å². The number of carbonyl (C=O) groups is 1. The van der Waals surface area contributed by atoms with Gasteiger partial charge in [0.25, 0.3) is 0 Å². The molecule has 1 unspecified atom stereocenters. The monoisotopic (exact) mass is 262 g/mol. The summed E-state index contributed by atoms with van der Waals surface area (Å²) in [4.78, 5) is 12.3. The lowest BCUT2D eigenvalue weighted by atomic mass is 9.47. The van der Waals surface area contributed by atoms with Crippen LogP contribution in [0.1, 0.15) is 51.9 Å². The first-order chi connectivity index (χ1) is 9.07. The van der Waals surface area contributed by atoms with Crippen LogP contribution in [0.5, 0.6) is 0 Å². The van der Waals surface area contributed by atoms with E-state index in [1.165, 1.54) is 38.5 Å². The average Bonchev–Trinajstić information content (AvgIpc) is 2.30. The molecule has 4 aliphatic carbocycles. The SMILES string of the molecule is CC1(CC23CC4CC(CC(C4)C2)C3)NCCNC1=O. The molecular formula is C16H26N2O. The molecule has 0 radical (unpaired) electrons. The van der Waals surface area contributed by atoms with Gasteiger partial charge in [0.05, 0.1) is 5.54 Å². The van der Waals surface area contributed by atoms with Crippen LogP contribution in [-0.2, 0) is 4.79 Å². The van der Waals surface area contributed by atoms with Crippen LogP contribution in [0.4, 0.5) is 0 Å². The van der Waals surface area contributed by atoms with Crippen molar-refractivity contribution < 1.29 is 4.79 Å². The van der Waals surface area contributed by atoms with E-state index in [0.717, 1.165) is 37.3 Å². The summed E-state index contributed by atoms with van der Waals surface area (Å²) in [6.45, 7) is 3.84. The first-order valence-electron chi connectivity index (χ1n) is 8.10. The third-order valence-corrected chi connectivity index (χ3v) is 6.32. The molecule has 5 fully saturated rings. The van der Waals surface area contributed by atoms with E-state index in [0.29, 0.717) is 5.41 Å². The molecule has 1 aliphatic heterocycles. The Bertz CT molecular complexity index is 370. The minimum atomic E-state index is -0.316. The molecule has 1 heterocycles. The summed E-state index contributed by atoms with van der Waals surface area (Å²) in [5, 5.41) is 6.56. The molecule has 0 aromatic heterocycles. The highest BCUT2D eigenvalue weighted by Gasteiger charge is 2.54. The summed E-state index contributed by atoms with van der Waals surface area (Å²) in [5.74, 6) is 3.15. The number of carbonyl (C=O) groups excluding carboxylic acids is 1. The predicted octanol–water partition coefficient (Wildman–Crippen LogP) is 2.07. The Morgan fingerprint density at radius 2 is 1.63 bits per heavy atom. The highest BCUT2D eigenvalue weighted by molar-refractivity contribution is 5.86. The molecule has 1 atom stereocenters. The Hall–Kier alpha value is -0.570. The van der Waals surface area contributed by atoms with Crippen molar-refractivity contribution in [2.75, 3.05) is 13.1 Å². The number of amides is 1. The molecule has 106 valence electrons. The topological polar surface area (TPSA) is 41.1 Å². The summed E-state index contributed by atoms with van der Waals surface area (Å²) in [7, 11) is 0. The van der Waals surface area contributed by atoms with Gasteiger partial charge in [-0.05, 0) is 75.0 Å². The molecule has 0 aromatic rings. The van der Waals surface area contributed by atoms with Gasteiger partial charge >= 0.3 is 0 Å². The lowest BCUT2D eigenvalue weighted by molar-refractivity contribution is -0.134. The van der Waals surface area contributed by atoms with Crippen molar-refractivity contribution in [1.29, 1.82) is 0 Å². The van der Waals surface area contributed by atoms with Crippen LogP contribution in [0.15, 0.2) is 0 Å². The van der Waals surface area contributed by atoms with Crippen molar-refractivity contribution in [1.82, 2.24) is 10.6 Å². The van der Waals surface area contributed by atoms with Gasteiger partial charge in [-0.3, -0.25) is 4.79 Å². The summed E-state index contributed by atoms with van der Waals surface area (Å²) >= 11 is 0. The van der Waals surface area contributed by atoms with E-state index in [2.05, 4.69) is 17.6 Å². The third kappa shape index (κ3) is 1.93. The molecule has 1 saturated heterocycles. The van der Waals surface area contributed by atoms with Gasteiger partial charge in [-0.2, -0.15) is 0 Å². The second-order valence-corrected chi connectivity index (χ2v) is 8.11. The van der Waals surface area contributed by atoms with Crippen molar-refractivity contribution in [2.24, 2.45) is 23.2 Å². The second kappa shape index (κ2) is 3.97. The maximum Gasteiger partial charge on any atom is 0.240 e. The van der Waals surface area contributed by atoms with Crippen LogP contribution in [0.2, 0.25) is 0 Å². The van der Waals surface area contributed by atoms with E-state index in [4.69, 9.17) is 0 Å². The Kier molecular flexibility index (Phi) is 2.55. The number of rotatable bonds is 2. The van der Waals surface area contributed by atoms with Gasteiger partial charge in [0.1, 0.15) is 0 Å². The summed E-state index contributed by atoms with van der Waals surface area (Å²) in [6.07, 6.45) is 9.69. The third-order valence-electron chi connectivity index (χ3n) is 6.32. The molecule has 3 nitrogen and oxygen atoms in total. The standard InChI is InChI=1S/C16H26N2O/c1-15(14(19)17-2-3-18-15)10-16-7-11-4-12(8-16)6-13(5-11)9-16/h11-13,18H,2-10H2,1H3,(H,17,19). The van der Waals surface area contributed by atoms with Gasteiger partial charge in [-0.1, -0.05) is 0 Å². The normalized spacial score (nSPS) is 52.3. The van der Waals surface area contributed by atoms with Gasteiger partial charge in [-0.25, -0.2) is 0 Å². The number of hydrogen-bond acceptors (Lipinski definition) is 2. The lowest BCUT2D eigenvalue weighted by Gasteiger charge is -2.59. The molecule has 5 aliphatic rings. The zero-order valence-electron chi connectivity index (χ0n) is 12.0. The Balaban J connectivity index is 1.57. The van der Waals surface area contributed by atoms with Gasteiger partial charge in [0.15, 0.2) is 0 Å². The largest absolute Gasteiger partial charge is 0.353 e. The Morgan fingerprint density at radius 3 is 2.16 bits per heavy atom. The summed E-state index contributed by atoms with van der Waals surface area (Å²) in [5.41, 5.74) is 0.162. The fraction of sp³-hybridized carbons (Fsp3) is 0.938. The average molecular weight is 262 g/mol. The van der Waals surface area contributed by atoms with E-state index < -0.39 is 0 Å². The lowest BCUT2D eigenvalue weighted by Crippen LogP contribution is -2.64. The summed E-state index contributed by atoms with van der Waals surface area (Å²) < 4.78 is 0. The highest BCUT2D eigenvalue weighted by atomic mass is 16.2. The van der Waals surface area contributed by atoms with Crippen LogP contribution in [-0.4, -0.2) is 24.5 Å². The zero-order chi connectivity index (χ0) is 13.1. The van der Waals surface area contributed by atoms with Crippen molar-refractivity contribution in [3.63, 3.8) is 0 Å². The van der Waals surface area contributed by atoms with Gasteiger partial charge < -0.3 is 10.6 Å². The molecule has 1 amide bonds. The molecule has 4 saturated carbocycles. The first-order valence-corrected chi connectivity index (χ1v) is 8.10. The minimum absolute atomic E-state index is 0.231. The molecule has 4 bridgehead atoms. The van der Waals surface area contributed by atoms with Crippen LogP contribution < -0.4 is 10.6 Å². The minimum Gasteiger partial charge on any atom is -0.353 e. The maximum atomic E-state index is 12.3. The van der Waals surface area contributed by atoms with E-state index in [9.17, 15) is 4.79 Å². The zero-order valence-corrected chi connectivity index (χ0v) is 12.0. The molecule has 0 spiro atoms. The van der Waals surface area contributed by atoms with Crippen LogP contribution in [0.3, 0.4) is 0 Å². The first kappa shape index (κ1) is 12.2. The van der Waals surface area contributed by atoms with Crippen molar-refractivity contribution in [2.45, 2.75) is 57.4 Å². The quantitative estimate of drug-likeness (QED) is 0.800. The van der Waals surface area contributed by atoms with Crippen molar-refractivity contribution in [3.8, 4) is 0 Å². The Labute approximate surface area is 115 Å². The maximum absolute atomic E-state index is 12.3. The van der Waals surface area contributed by atoms with Crippen LogP contribution >= 0.6 is 0 Å².